The van der Waals surface area contributed by atoms with Gasteiger partial charge in [0.2, 0.25) is 5.91 Å². The molecule has 0 bridgehead atoms. The zero-order valence-electron chi connectivity index (χ0n) is 9.84. The van der Waals surface area contributed by atoms with Crippen LogP contribution in [0.1, 0.15) is 20.3 Å². The first-order valence-electron chi connectivity index (χ1n) is 5.46. The fourth-order valence-electron chi connectivity index (χ4n) is 1.36. The first kappa shape index (κ1) is 13.9. The molecule has 0 aliphatic rings. The maximum absolute atomic E-state index is 13.0. The molecule has 0 fully saturated rings. The van der Waals surface area contributed by atoms with Gasteiger partial charge in [-0.25, -0.2) is 4.39 Å². The van der Waals surface area contributed by atoms with E-state index in [-0.39, 0.29) is 16.8 Å². The summed E-state index contributed by atoms with van der Waals surface area (Å²) in [4.78, 5) is 11.7. The number of amides is 1. The van der Waals surface area contributed by atoms with Crippen LogP contribution >= 0.6 is 11.6 Å². The van der Waals surface area contributed by atoms with Gasteiger partial charge in [0.15, 0.2) is 0 Å². The molecule has 17 heavy (non-hydrogen) atoms. The number of carbonyl (C=O) groups excluding carboxylic acids is 1. The molecule has 3 N–H and O–H groups in total. The molecule has 5 heteroatoms. The molecule has 0 aliphatic heterocycles. The second-order valence-electron chi connectivity index (χ2n) is 4.06. The van der Waals surface area contributed by atoms with Gasteiger partial charge < -0.3 is 11.1 Å². The van der Waals surface area contributed by atoms with Gasteiger partial charge in [0.25, 0.3) is 0 Å². The summed E-state index contributed by atoms with van der Waals surface area (Å²) in [5.74, 6) is -0.759. The van der Waals surface area contributed by atoms with Crippen LogP contribution in [0.3, 0.4) is 0 Å². The molecule has 1 rings (SSSR count). The van der Waals surface area contributed by atoms with Crippen LogP contribution in [0, 0.1) is 11.7 Å². The lowest BCUT2D eigenvalue weighted by Crippen LogP contribution is -2.40. The molecule has 0 spiro atoms. The molecule has 1 aromatic carbocycles. The predicted octanol–water partition coefficient (Wildman–Crippen LogP) is 2.79. The van der Waals surface area contributed by atoms with Gasteiger partial charge in [0, 0.05) is 10.7 Å². The Bertz CT molecular complexity index is 391. The fourth-order valence-corrected chi connectivity index (χ4v) is 1.59. The Labute approximate surface area is 105 Å². The first-order valence-corrected chi connectivity index (χ1v) is 5.84. The number of anilines is 1. The maximum Gasteiger partial charge on any atom is 0.241 e. The van der Waals surface area contributed by atoms with E-state index >= 15 is 0 Å². The quantitative estimate of drug-likeness (QED) is 0.873. The van der Waals surface area contributed by atoms with E-state index < -0.39 is 11.9 Å². The third kappa shape index (κ3) is 3.98. The van der Waals surface area contributed by atoms with Crippen LogP contribution in [0.15, 0.2) is 18.2 Å². The number of halogens is 2. The van der Waals surface area contributed by atoms with Crippen molar-refractivity contribution in [3.8, 4) is 0 Å². The van der Waals surface area contributed by atoms with E-state index in [0.717, 1.165) is 6.42 Å². The number of nitrogens with one attached hydrogen (secondary N) is 1. The highest BCUT2D eigenvalue weighted by Gasteiger charge is 2.19. The Kier molecular flexibility index (Phi) is 4.90. The Morgan fingerprint density at radius 2 is 2.18 bits per heavy atom. The molecular weight excluding hydrogens is 243 g/mol. The molecule has 94 valence electrons. The highest BCUT2D eigenvalue weighted by atomic mass is 35.5. The summed E-state index contributed by atoms with van der Waals surface area (Å²) < 4.78 is 13.0. The first-order chi connectivity index (χ1) is 7.93. The van der Waals surface area contributed by atoms with Gasteiger partial charge in [-0.2, -0.15) is 0 Å². The molecule has 0 saturated carbocycles. The average molecular weight is 259 g/mol. The van der Waals surface area contributed by atoms with Gasteiger partial charge in [0.1, 0.15) is 5.82 Å². The minimum atomic E-state index is -0.609. The minimum absolute atomic E-state index is 0.0685. The second-order valence-corrected chi connectivity index (χ2v) is 4.50. The van der Waals surface area contributed by atoms with E-state index in [9.17, 15) is 9.18 Å². The summed E-state index contributed by atoms with van der Waals surface area (Å²) in [6.07, 6.45) is 0.804. The monoisotopic (exact) mass is 258 g/mol. The minimum Gasteiger partial charge on any atom is -0.325 e. The Balaban J connectivity index is 2.74. The van der Waals surface area contributed by atoms with E-state index in [0.29, 0.717) is 5.69 Å². The Hall–Kier alpha value is -1.13. The molecule has 0 heterocycles. The summed E-state index contributed by atoms with van der Waals surface area (Å²) in [5.41, 5.74) is 6.07. The molecule has 3 nitrogen and oxygen atoms in total. The largest absolute Gasteiger partial charge is 0.325 e. The lowest BCUT2D eigenvalue weighted by Gasteiger charge is -2.17. The lowest BCUT2D eigenvalue weighted by molar-refractivity contribution is -0.118. The van der Waals surface area contributed by atoms with Gasteiger partial charge in [-0.15, -0.1) is 0 Å². The van der Waals surface area contributed by atoms with Crippen molar-refractivity contribution in [2.45, 2.75) is 26.3 Å². The number of hydrogen-bond donors (Lipinski definition) is 2. The SMILES string of the molecule is CCC(C)[C@H](N)C(=O)Nc1cc(F)cc(Cl)c1. The molecule has 0 aliphatic carbocycles. The summed E-state index contributed by atoms with van der Waals surface area (Å²) in [6, 6.07) is 3.24. The summed E-state index contributed by atoms with van der Waals surface area (Å²) >= 11 is 5.68. The van der Waals surface area contributed by atoms with Crippen molar-refractivity contribution in [2.75, 3.05) is 5.32 Å². The van der Waals surface area contributed by atoms with Crippen molar-refractivity contribution < 1.29 is 9.18 Å². The van der Waals surface area contributed by atoms with Crippen molar-refractivity contribution in [1.29, 1.82) is 0 Å². The third-order valence-electron chi connectivity index (χ3n) is 2.69. The van der Waals surface area contributed by atoms with Crippen molar-refractivity contribution in [3.63, 3.8) is 0 Å². The number of hydrogen-bond acceptors (Lipinski definition) is 2. The fraction of sp³-hybridized carbons (Fsp3) is 0.417. The van der Waals surface area contributed by atoms with Gasteiger partial charge in [-0.1, -0.05) is 31.9 Å². The summed E-state index contributed by atoms with van der Waals surface area (Å²) in [7, 11) is 0. The van der Waals surface area contributed by atoms with Crippen molar-refractivity contribution in [3.05, 3.63) is 29.0 Å². The standard InChI is InChI=1S/C12H16ClFN2O/c1-3-7(2)11(15)12(17)16-10-5-8(13)4-9(14)6-10/h4-7,11H,3,15H2,1-2H3,(H,16,17)/t7?,11-/m0/s1. The van der Waals surface area contributed by atoms with E-state index in [1.807, 2.05) is 13.8 Å². The molecule has 1 unspecified atom stereocenters. The second kappa shape index (κ2) is 5.98. The molecule has 1 aromatic rings. The Morgan fingerprint density at radius 1 is 1.53 bits per heavy atom. The number of carbonyl (C=O) groups is 1. The summed E-state index contributed by atoms with van der Waals surface area (Å²) in [5, 5.41) is 2.78. The number of rotatable bonds is 4. The Morgan fingerprint density at radius 3 is 2.71 bits per heavy atom. The molecule has 2 atom stereocenters. The normalized spacial score (nSPS) is 14.2. The molecule has 1 amide bonds. The third-order valence-corrected chi connectivity index (χ3v) is 2.91. The highest BCUT2D eigenvalue weighted by molar-refractivity contribution is 6.30. The van der Waals surface area contributed by atoms with Crippen LogP contribution < -0.4 is 11.1 Å². The van der Waals surface area contributed by atoms with E-state index in [1.165, 1.54) is 18.2 Å². The van der Waals surface area contributed by atoms with Crippen molar-refractivity contribution in [2.24, 2.45) is 11.7 Å². The van der Waals surface area contributed by atoms with Gasteiger partial charge in [0.05, 0.1) is 6.04 Å². The van der Waals surface area contributed by atoms with Crippen LogP contribution in [-0.2, 0) is 4.79 Å². The van der Waals surface area contributed by atoms with E-state index in [1.54, 1.807) is 0 Å². The highest BCUT2D eigenvalue weighted by Crippen LogP contribution is 2.18. The van der Waals surface area contributed by atoms with E-state index in [4.69, 9.17) is 17.3 Å². The summed E-state index contributed by atoms with van der Waals surface area (Å²) in [6.45, 7) is 3.85. The van der Waals surface area contributed by atoms with Crippen LogP contribution in [0.2, 0.25) is 5.02 Å². The lowest BCUT2D eigenvalue weighted by atomic mass is 9.99. The zero-order valence-corrected chi connectivity index (χ0v) is 10.6. The van der Waals surface area contributed by atoms with Crippen LogP contribution in [0.4, 0.5) is 10.1 Å². The molecular formula is C12H16ClFN2O. The smallest absolute Gasteiger partial charge is 0.241 e. The van der Waals surface area contributed by atoms with Crippen LogP contribution in [0.5, 0.6) is 0 Å². The molecule has 0 saturated heterocycles. The van der Waals surface area contributed by atoms with Crippen molar-refractivity contribution in [1.82, 2.24) is 0 Å². The van der Waals surface area contributed by atoms with Crippen LogP contribution in [-0.4, -0.2) is 11.9 Å². The number of benzene rings is 1. The van der Waals surface area contributed by atoms with Gasteiger partial charge >= 0.3 is 0 Å². The van der Waals surface area contributed by atoms with Crippen molar-refractivity contribution >= 4 is 23.2 Å². The topological polar surface area (TPSA) is 55.1 Å². The van der Waals surface area contributed by atoms with Gasteiger partial charge in [-0.05, 0) is 24.1 Å². The van der Waals surface area contributed by atoms with Gasteiger partial charge in [-0.3, -0.25) is 4.79 Å². The zero-order chi connectivity index (χ0) is 13.0. The number of nitrogens with two attached hydrogens (primary N) is 1. The van der Waals surface area contributed by atoms with E-state index in [2.05, 4.69) is 5.32 Å². The molecule has 0 aromatic heterocycles. The molecule has 0 radical (unpaired) electrons. The average Bonchev–Trinajstić information content (AvgIpc) is 2.25. The van der Waals surface area contributed by atoms with Crippen LogP contribution in [0.25, 0.3) is 0 Å². The predicted molar refractivity (Wildman–Crippen MR) is 67.5 cm³/mol. The maximum atomic E-state index is 13.0.